The molecular weight excluding hydrogens is 248 g/mol. The molecule has 0 radical (unpaired) electrons. The molecule has 3 heteroatoms. The minimum atomic E-state index is -0.625. The third-order valence-corrected chi connectivity index (χ3v) is 4.24. The van der Waals surface area contributed by atoms with E-state index in [0.29, 0.717) is 16.5 Å². The Balaban J connectivity index is 2.22. The van der Waals surface area contributed by atoms with Crippen molar-refractivity contribution in [2.24, 2.45) is 5.92 Å². The number of hydrogen-bond donors (Lipinski definition) is 0. The maximum absolute atomic E-state index is 12.6. The monoisotopic (exact) mass is 266 g/mol. The highest BCUT2D eigenvalue weighted by Gasteiger charge is 2.41. The Morgan fingerprint density at radius 2 is 1.83 bits per heavy atom. The molecular formula is C15H19ClO2. The Labute approximate surface area is 113 Å². The van der Waals surface area contributed by atoms with Crippen LogP contribution in [0, 0.1) is 5.92 Å². The molecule has 18 heavy (non-hydrogen) atoms. The van der Waals surface area contributed by atoms with Crippen molar-refractivity contribution in [1.82, 2.24) is 0 Å². The number of benzene rings is 1. The highest BCUT2D eigenvalue weighted by molar-refractivity contribution is 6.30. The van der Waals surface area contributed by atoms with Gasteiger partial charge in [-0.25, -0.2) is 0 Å². The van der Waals surface area contributed by atoms with E-state index in [2.05, 4.69) is 6.92 Å². The van der Waals surface area contributed by atoms with Crippen molar-refractivity contribution in [3.05, 3.63) is 34.9 Å². The van der Waals surface area contributed by atoms with Crippen LogP contribution in [0.2, 0.25) is 5.02 Å². The molecule has 0 saturated heterocycles. The number of methoxy groups -OCH3 is 1. The first-order chi connectivity index (χ1) is 8.57. The average molecular weight is 267 g/mol. The summed E-state index contributed by atoms with van der Waals surface area (Å²) in [5.74, 6) is 0.778. The molecule has 0 aliphatic heterocycles. The Morgan fingerprint density at radius 1 is 1.28 bits per heavy atom. The first kappa shape index (κ1) is 13.6. The fourth-order valence-electron chi connectivity index (χ4n) is 2.62. The smallest absolute Gasteiger partial charge is 0.194 e. The number of ketones is 1. The van der Waals surface area contributed by atoms with Crippen molar-refractivity contribution in [3.63, 3.8) is 0 Å². The number of rotatable bonds is 3. The summed E-state index contributed by atoms with van der Waals surface area (Å²) in [5, 5.41) is 0.648. The van der Waals surface area contributed by atoms with Crippen LogP contribution in [0.4, 0.5) is 0 Å². The number of carbonyl (C=O) groups is 1. The van der Waals surface area contributed by atoms with Gasteiger partial charge in [0.05, 0.1) is 0 Å². The lowest BCUT2D eigenvalue weighted by Crippen LogP contribution is -2.43. The van der Waals surface area contributed by atoms with E-state index < -0.39 is 5.60 Å². The van der Waals surface area contributed by atoms with E-state index in [9.17, 15) is 4.79 Å². The lowest BCUT2D eigenvalue weighted by Gasteiger charge is -2.36. The molecule has 0 spiro atoms. The molecule has 1 aliphatic rings. The Bertz CT molecular complexity index is 417. The highest BCUT2D eigenvalue weighted by Crippen LogP contribution is 2.36. The second kappa shape index (κ2) is 5.41. The largest absolute Gasteiger partial charge is 0.370 e. The molecule has 0 aromatic heterocycles. The zero-order valence-corrected chi connectivity index (χ0v) is 11.7. The summed E-state index contributed by atoms with van der Waals surface area (Å²) in [5.41, 5.74) is 0.0659. The highest BCUT2D eigenvalue weighted by atomic mass is 35.5. The quantitative estimate of drug-likeness (QED) is 0.770. The SMILES string of the molecule is COC1(C(=O)c2ccc(Cl)cc2)CCC(C)CC1. The van der Waals surface area contributed by atoms with Crippen molar-refractivity contribution in [3.8, 4) is 0 Å². The molecule has 2 rings (SSSR count). The van der Waals surface area contributed by atoms with Crippen molar-refractivity contribution >= 4 is 17.4 Å². The zero-order chi connectivity index (χ0) is 13.2. The fraction of sp³-hybridized carbons (Fsp3) is 0.533. The van der Waals surface area contributed by atoms with E-state index in [1.165, 1.54) is 0 Å². The van der Waals surface area contributed by atoms with Crippen LogP contribution in [-0.2, 0) is 4.74 Å². The van der Waals surface area contributed by atoms with Crippen LogP contribution in [0.1, 0.15) is 43.0 Å². The summed E-state index contributed by atoms with van der Waals surface area (Å²) in [6, 6.07) is 7.07. The summed E-state index contributed by atoms with van der Waals surface area (Å²) in [4.78, 5) is 12.6. The summed E-state index contributed by atoms with van der Waals surface area (Å²) in [6.07, 6.45) is 3.72. The summed E-state index contributed by atoms with van der Waals surface area (Å²) < 4.78 is 5.59. The van der Waals surface area contributed by atoms with Gasteiger partial charge in [0.25, 0.3) is 0 Å². The van der Waals surface area contributed by atoms with Gasteiger partial charge in [0.15, 0.2) is 5.78 Å². The van der Waals surface area contributed by atoms with Gasteiger partial charge in [0, 0.05) is 17.7 Å². The third kappa shape index (κ3) is 2.60. The van der Waals surface area contributed by atoms with Crippen molar-refractivity contribution in [2.75, 3.05) is 7.11 Å². The molecule has 1 aromatic carbocycles. The Morgan fingerprint density at radius 3 is 2.33 bits per heavy atom. The maximum Gasteiger partial charge on any atom is 0.194 e. The zero-order valence-electron chi connectivity index (χ0n) is 10.9. The molecule has 0 amide bonds. The molecule has 1 aliphatic carbocycles. The van der Waals surface area contributed by atoms with Crippen molar-refractivity contribution < 1.29 is 9.53 Å². The summed E-state index contributed by atoms with van der Waals surface area (Å²) >= 11 is 5.85. The molecule has 98 valence electrons. The van der Waals surface area contributed by atoms with Crippen LogP contribution in [0.25, 0.3) is 0 Å². The van der Waals surface area contributed by atoms with Gasteiger partial charge in [-0.1, -0.05) is 18.5 Å². The molecule has 1 aromatic rings. The molecule has 1 saturated carbocycles. The first-order valence-electron chi connectivity index (χ1n) is 6.43. The van der Waals surface area contributed by atoms with E-state index in [1.54, 1.807) is 31.4 Å². The van der Waals surface area contributed by atoms with Crippen LogP contribution in [0.5, 0.6) is 0 Å². The van der Waals surface area contributed by atoms with Gasteiger partial charge >= 0.3 is 0 Å². The molecule has 0 atom stereocenters. The van der Waals surface area contributed by atoms with Crippen LogP contribution >= 0.6 is 11.6 Å². The van der Waals surface area contributed by atoms with Gasteiger partial charge in [0.2, 0.25) is 0 Å². The second-order valence-electron chi connectivity index (χ2n) is 5.22. The number of ether oxygens (including phenoxy) is 1. The number of Topliss-reactive ketones (excluding diaryl/α,β-unsaturated/α-hetero) is 1. The van der Waals surface area contributed by atoms with Crippen LogP contribution in [0.15, 0.2) is 24.3 Å². The summed E-state index contributed by atoms with van der Waals surface area (Å²) in [7, 11) is 1.64. The lowest BCUT2D eigenvalue weighted by atomic mass is 9.75. The number of carbonyl (C=O) groups excluding carboxylic acids is 1. The second-order valence-corrected chi connectivity index (χ2v) is 5.65. The van der Waals surface area contributed by atoms with Crippen LogP contribution in [0.3, 0.4) is 0 Å². The van der Waals surface area contributed by atoms with E-state index in [4.69, 9.17) is 16.3 Å². The van der Waals surface area contributed by atoms with Gasteiger partial charge < -0.3 is 4.74 Å². The van der Waals surface area contributed by atoms with Crippen molar-refractivity contribution in [2.45, 2.75) is 38.2 Å². The van der Waals surface area contributed by atoms with Crippen molar-refractivity contribution in [1.29, 1.82) is 0 Å². The van der Waals surface area contributed by atoms with Gasteiger partial charge in [-0.2, -0.15) is 0 Å². The molecule has 2 nitrogen and oxygen atoms in total. The Kier molecular flexibility index (Phi) is 4.08. The van der Waals surface area contributed by atoms with Crippen LogP contribution < -0.4 is 0 Å². The number of halogens is 1. The lowest BCUT2D eigenvalue weighted by molar-refractivity contribution is -0.0263. The maximum atomic E-state index is 12.6. The first-order valence-corrected chi connectivity index (χ1v) is 6.81. The molecule has 0 heterocycles. The third-order valence-electron chi connectivity index (χ3n) is 3.99. The minimum Gasteiger partial charge on any atom is -0.370 e. The minimum absolute atomic E-state index is 0.0913. The van der Waals surface area contributed by atoms with E-state index in [1.807, 2.05) is 0 Å². The normalized spacial score (nSPS) is 28.1. The average Bonchev–Trinajstić information content (AvgIpc) is 2.40. The fourth-order valence-corrected chi connectivity index (χ4v) is 2.74. The number of hydrogen-bond acceptors (Lipinski definition) is 2. The summed E-state index contributed by atoms with van der Waals surface area (Å²) in [6.45, 7) is 2.23. The van der Waals surface area contributed by atoms with Gasteiger partial charge in [-0.15, -0.1) is 0 Å². The van der Waals surface area contributed by atoms with Gasteiger partial charge in [0.1, 0.15) is 5.60 Å². The van der Waals surface area contributed by atoms with E-state index in [0.717, 1.165) is 25.7 Å². The molecule has 0 N–H and O–H groups in total. The van der Waals surface area contributed by atoms with E-state index >= 15 is 0 Å². The molecule has 0 unspecified atom stereocenters. The predicted octanol–water partition coefficient (Wildman–Crippen LogP) is 4.12. The predicted molar refractivity (Wildman–Crippen MR) is 73.2 cm³/mol. The van der Waals surface area contributed by atoms with Crippen LogP contribution in [-0.4, -0.2) is 18.5 Å². The Hall–Kier alpha value is -0.860. The standard InChI is InChI=1S/C15H19ClO2/c1-11-7-9-15(18-2,10-8-11)14(17)12-3-5-13(16)6-4-12/h3-6,11H,7-10H2,1-2H3. The molecule has 1 fully saturated rings. The van der Waals surface area contributed by atoms with Gasteiger partial charge in [-0.05, 0) is 55.9 Å². The topological polar surface area (TPSA) is 26.3 Å². The molecule has 0 bridgehead atoms. The van der Waals surface area contributed by atoms with Gasteiger partial charge in [-0.3, -0.25) is 4.79 Å². The van der Waals surface area contributed by atoms with E-state index in [-0.39, 0.29) is 5.78 Å².